The molecule has 2 aromatic carbocycles. The SMILES string of the molecule is CCC[CH2][Sn](/[CH]=C/[C@H](C)CO[Si](c1ccccc1)(c1ccccc1)C(C)(C)C)([CH2]CCC)[CH2]CCC. The molecule has 0 aliphatic carbocycles. The topological polar surface area (TPSA) is 9.23 Å². The van der Waals surface area contributed by atoms with Gasteiger partial charge in [-0.3, -0.25) is 0 Å². The number of hydrogen-bond acceptors (Lipinski definition) is 1. The molecule has 2 rings (SSSR count). The maximum absolute atomic E-state index is 7.25. The van der Waals surface area contributed by atoms with Crippen LogP contribution in [0.15, 0.2) is 70.8 Å². The number of benzene rings is 2. The van der Waals surface area contributed by atoms with Gasteiger partial charge in [-0.2, -0.15) is 0 Å². The molecule has 0 heterocycles. The quantitative estimate of drug-likeness (QED) is 0.172. The Morgan fingerprint density at radius 3 is 1.53 bits per heavy atom. The first-order valence-corrected chi connectivity index (χ1v) is 24.3. The summed E-state index contributed by atoms with van der Waals surface area (Å²) >= 11 is -2.28. The predicted octanol–water partition coefficient (Wildman–Crippen LogP) is 9.14. The molecule has 0 aliphatic rings. The average Bonchev–Trinajstić information content (AvgIpc) is 2.88. The van der Waals surface area contributed by atoms with Crippen LogP contribution in [0.2, 0.25) is 18.3 Å². The Kier molecular flexibility index (Phi) is 13.5. The summed E-state index contributed by atoms with van der Waals surface area (Å²) in [6.45, 7) is 17.4. The summed E-state index contributed by atoms with van der Waals surface area (Å²) in [5, 5.41) is 2.79. The van der Waals surface area contributed by atoms with Gasteiger partial charge in [-0.1, -0.05) is 0 Å². The van der Waals surface area contributed by atoms with Crippen molar-refractivity contribution in [1.82, 2.24) is 0 Å². The van der Waals surface area contributed by atoms with Gasteiger partial charge in [0.2, 0.25) is 0 Å². The van der Waals surface area contributed by atoms with E-state index in [0.29, 0.717) is 5.92 Å². The molecule has 0 bridgehead atoms. The first-order chi connectivity index (χ1) is 17.2. The Balaban J connectivity index is 2.36. The fraction of sp³-hybridized carbons (Fsp3) is 0.576. The summed E-state index contributed by atoms with van der Waals surface area (Å²) in [4.78, 5) is 0. The number of rotatable bonds is 16. The zero-order valence-electron chi connectivity index (χ0n) is 24.5. The monoisotopic (exact) mass is 614 g/mol. The maximum atomic E-state index is 7.25. The Morgan fingerprint density at radius 2 is 1.17 bits per heavy atom. The van der Waals surface area contributed by atoms with Crippen molar-refractivity contribution in [2.45, 2.75) is 105 Å². The van der Waals surface area contributed by atoms with E-state index in [4.69, 9.17) is 4.43 Å². The van der Waals surface area contributed by atoms with E-state index in [1.807, 2.05) is 0 Å². The van der Waals surface area contributed by atoms with E-state index in [0.717, 1.165) is 6.61 Å². The summed E-state index contributed by atoms with van der Waals surface area (Å²) < 4.78 is 14.7. The molecule has 1 atom stereocenters. The van der Waals surface area contributed by atoms with Gasteiger partial charge in [0.15, 0.2) is 0 Å². The third-order valence-corrected chi connectivity index (χ3v) is 27.0. The fourth-order valence-corrected chi connectivity index (χ4v) is 25.0. The van der Waals surface area contributed by atoms with Crippen LogP contribution in [-0.4, -0.2) is 33.3 Å². The van der Waals surface area contributed by atoms with Crippen LogP contribution in [0.3, 0.4) is 0 Å². The van der Waals surface area contributed by atoms with Crippen LogP contribution in [0, 0.1) is 5.92 Å². The van der Waals surface area contributed by atoms with E-state index < -0.39 is 26.7 Å². The summed E-state index contributed by atoms with van der Waals surface area (Å²) in [7, 11) is -2.47. The normalized spacial score (nSPS) is 13.9. The van der Waals surface area contributed by atoms with Crippen LogP contribution in [0.25, 0.3) is 0 Å². The van der Waals surface area contributed by atoms with Crippen LogP contribution in [0.4, 0.5) is 0 Å². The van der Waals surface area contributed by atoms with Gasteiger partial charge in [0.1, 0.15) is 0 Å². The van der Waals surface area contributed by atoms with Crippen LogP contribution in [0.1, 0.15) is 87.0 Å². The molecule has 1 nitrogen and oxygen atoms in total. The molecule has 0 fully saturated rings. The molecule has 0 unspecified atom stereocenters. The van der Waals surface area contributed by atoms with Crippen LogP contribution in [0.5, 0.6) is 0 Å². The fourth-order valence-electron chi connectivity index (χ4n) is 5.65. The molecule has 0 aliphatic heterocycles. The van der Waals surface area contributed by atoms with Gasteiger partial charge < -0.3 is 0 Å². The van der Waals surface area contributed by atoms with Crippen molar-refractivity contribution in [3.63, 3.8) is 0 Å². The second-order valence-corrected chi connectivity index (χ2v) is 29.3. The third-order valence-electron chi connectivity index (χ3n) is 7.84. The summed E-state index contributed by atoms with van der Waals surface area (Å²) in [6.07, 6.45) is 10.8. The van der Waals surface area contributed by atoms with Crippen LogP contribution < -0.4 is 10.4 Å². The Hall–Kier alpha value is -0.844. The molecule has 36 heavy (non-hydrogen) atoms. The van der Waals surface area contributed by atoms with Gasteiger partial charge in [-0.05, 0) is 0 Å². The van der Waals surface area contributed by atoms with Gasteiger partial charge in [0.05, 0.1) is 0 Å². The predicted molar refractivity (Wildman–Crippen MR) is 167 cm³/mol. The molecule has 3 heteroatoms. The Bertz CT molecular complexity index is 810. The molecular formula is C33H54OSiSn. The van der Waals surface area contributed by atoms with E-state index in [9.17, 15) is 0 Å². The summed E-state index contributed by atoms with van der Waals surface area (Å²) in [5.74, 6) is 0.438. The molecule has 0 amide bonds. The molecule has 0 spiro atoms. The van der Waals surface area contributed by atoms with Gasteiger partial charge in [-0.25, -0.2) is 0 Å². The van der Waals surface area contributed by atoms with Crippen LogP contribution in [-0.2, 0) is 4.43 Å². The average molecular weight is 614 g/mol. The molecule has 0 aromatic heterocycles. The first-order valence-electron chi connectivity index (χ1n) is 14.7. The van der Waals surface area contributed by atoms with Crippen molar-refractivity contribution in [3.8, 4) is 0 Å². The minimum absolute atomic E-state index is 0.0332. The zero-order valence-corrected chi connectivity index (χ0v) is 28.3. The number of unbranched alkanes of at least 4 members (excludes halogenated alkanes) is 3. The van der Waals surface area contributed by atoms with Crippen molar-refractivity contribution >= 4 is 37.1 Å². The van der Waals surface area contributed by atoms with Crippen LogP contribution >= 0.6 is 0 Å². The zero-order chi connectivity index (χ0) is 26.5. The first kappa shape index (κ1) is 31.4. The van der Waals surface area contributed by atoms with Crippen molar-refractivity contribution in [2.75, 3.05) is 6.61 Å². The minimum atomic E-state index is -2.47. The molecule has 0 radical (unpaired) electrons. The number of hydrogen-bond donors (Lipinski definition) is 0. The standard InChI is InChI=1S/C21H27OSi.3C4H9.Sn/c1-6-18(2)17-22-23(21(3,4)5,19-13-9-7-10-14-19)20-15-11-8-12-16-20;3*1-3-4-2;/h1,6-16,18H,17H2,2-5H3;3*1,3-4H2,2H3;/t18-;;;;/m0..../s1. The van der Waals surface area contributed by atoms with E-state index in [1.54, 1.807) is 0 Å². The van der Waals surface area contributed by atoms with Crippen molar-refractivity contribution < 1.29 is 4.43 Å². The summed E-state index contributed by atoms with van der Waals surface area (Å²) in [5.41, 5.74) is 0. The van der Waals surface area contributed by atoms with Gasteiger partial charge in [0.25, 0.3) is 0 Å². The van der Waals surface area contributed by atoms with Crippen molar-refractivity contribution in [1.29, 1.82) is 0 Å². The Labute approximate surface area is 229 Å². The molecule has 2 aromatic rings. The molecular weight excluding hydrogens is 559 g/mol. The molecule has 200 valence electrons. The molecule has 0 saturated heterocycles. The van der Waals surface area contributed by atoms with E-state index in [1.165, 1.54) is 62.2 Å². The third kappa shape index (κ3) is 8.60. The van der Waals surface area contributed by atoms with E-state index in [-0.39, 0.29) is 5.04 Å². The second kappa shape index (κ2) is 15.5. The summed E-state index contributed by atoms with van der Waals surface area (Å²) in [6, 6.07) is 22.1. The van der Waals surface area contributed by atoms with E-state index in [2.05, 4.69) is 119 Å². The van der Waals surface area contributed by atoms with Gasteiger partial charge in [-0.15, -0.1) is 0 Å². The molecule has 0 saturated carbocycles. The van der Waals surface area contributed by atoms with Gasteiger partial charge in [0, 0.05) is 0 Å². The molecule has 0 N–H and O–H groups in total. The second-order valence-electron chi connectivity index (χ2n) is 12.0. The Morgan fingerprint density at radius 1 is 0.750 bits per heavy atom. The van der Waals surface area contributed by atoms with E-state index >= 15 is 0 Å². The van der Waals surface area contributed by atoms with Gasteiger partial charge >= 0.3 is 230 Å². The van der Waals surface area contributed by atoms with Crippen molar-refractivity contribution in [3.05, 3.63) is 70.8 Å². The van der Waals surface area contributed by atoms with Crippen molar-refractivity contribution in [2.24, 2.45) is 5.92 Å².